The van der Waals surface area contributed by atoms with Gasteiger partial charge in [0.2, 0.25) is 5.91 Å². The van der Waals surface area contributed by atoms with Crippen LogP contribution in [0.25, 0.3) is 0 Å². The molecule has 0 aromatic heterocycles. The smallest absolute Gasteiger partial charge is 0.408 e. The topological polar surface area (TPSA) is 105 Å². The third-order valence-corrected chi connectivity index (χ3v) is 4.23. The second-order valence-electron chi connectivity index (χ2n) is 7.49. The largest absolute Gasteiger partial charge is 0.491 e. The molecule has 0 saturated carbocycles. The molecule has 0 aliphatic carbocycles. The fourth-order valence-electron chi connectivity index (χ4n) is 2.71. The second kappa shape index (κ2) is 9.14. The number of hydrogen-bond acceptors (Lipinski definition) is 5. The summed E-state index contributed by atoms with van der Waals surface area (Å²) in [5, 5.41) is 12.2. The maximum atomic E-state index is 12.6. The van der Waals surface area contributed by atoms with Gasteiger partial charge in [-0.2, -0.15) is 0 Å². The molecular weight excluding hydrogens is 388 g/mol. The van der Waals surface area contributed by atoms with Crippen LogP contribution in [0.5, 0.6) is 5.75 Å². The highest BCUT2D eigenvalue weighted by molar-refractivity contribution is 6.30. The lowest BCUT2D eigenvalue weighted by atomic mass is 10.1. The number of carbonyl (C=O) groups excluding carboxylic acids is 2. The Morgan fingerprint density at radius 2 is 2.07 bits per heavy atom. The first-order valence-electron chi connectivity index (χ1n) is 8.96. The molecule has 2 rings (SSSR count). The Hall–Kier alpha value is -2.48. The van der Waals surface area contributed by atoms with Crippen molar-refractivity contribution < 1.29 is 29.0 Å². The summed E-state index contributed by atoms with van der Waals surface area (Å²) in [4.78, 5) is 37.4. The van der Waals surface area contributed by atoms with Crippen LogP contribution < -0.4 is 10.1 Å². The summed E-state index contributed by atoms with van der Waals surface area (Å²) in [6, 6.07) is 4.00. The van der Waals surface area contributed by atoms with E-state index in [1.54, 1.807) is 43.9 Å². The molecule has 1 aromatic rings. The lowest BCUT2D eigenvalue weighted by molar-refractivity contribution is -0.140. The molecule has 28 heavy (non-hydrogen) atoms. The van der Waals surface area contributed by atoms with Crippen LogP contribution in [-0.4, -0.2) is 52.8 Å². The van der Waals surface area contributed by atoms with Crippen LogP contribution in [0.3, 0.4) is 0 Å². The summed E-state index contributed by atoms with van der Waals surface area (Å²) in [6.45, 7) is 6.07. The van der Waals surface area contributed by atoms with E-state index in [0.29, 0.717) is 30.5 Å². The predicted octanol–water partition coefficient (Wildman–Crippen LogP) is 2.82. The number of fused-ring (bicyclic) bond motifs is 1. The zero-order chi connectivity index (χ0) is 20.9. The van der Waals surface area contributed by atoms with E-state index in [1.165, 1.54) is 0 Å². The third-order valence-electron chi connectivity index (χ3n) is 3.99. The number of halogens is 1. The monoisotopic (exact) mass is 412 g/mol. The zero-order valence-corrected chi connectivity index (χ0v) is 16.9. The Balaban J connectivity index is 1.95. The van der Waals surface area contributed by atoms with E-state index in [0.717, 1.165) is 5.56 Å². The van der Waals surface area contributed by atoms with E-state index in [-0.39, 0.29) is 18.7 Å². The summed E-state index contributed by atoms with van der Waals surface area (Å²) in [5.41, 5.74) is 0.0453. The Kier molecular flexibility index (Phi) is 7.12. The van der Waals surface area contributed by atoms with Crippen molar-refractivity contribution in [1.29, 1.82) is 0 Å². The van der Waals surface area contributed by atoms with Gasteiger partial charge in [-0.05, 0) is 45.4 Å². The molecule has 154 valence electrons. The zero-order valence-electron chi connectivity index (χ0n) is 16.2. The molecule has 0 bridgehead atoms. The van der Waals surface area contributed by atoms with Crippen molar-refractivity contribution in [2.24, 2.45) is 0 Å². The van der Waals surface area contributed by atoms with Crippen LogP contribution in [0.4, 0.5) is 4.79 Å². The van der Waals surface area contributed by atoms with Crippen molar-refractivity contribution in [2.45, 2.75) is 51.8 Å². The molecule has 0 fully saturated rings. The minimum absolute atomic E-state index is 0.0390. The highest BCUT2D eigenvalue weighted by atomic mass is 35.5. The summed E-state index contributed by atoms with van der Waals surface area (Å²) < 4.78 is 10.7. The molecule has 1 aliphatic heterocycles. The predicted molar refractivity (Wildman–Crippen MR) is 102 cm³/mol. The van der Waals surface area contributed by atoms with Gasteiger partial charge in [0.15, 0.2) is 0 Å². The number of nitrogens with one attached hydrogen (secondary N) is 1. The average molecular weight is 413 g/mol. The SMILES string of the molecule is CC(C)(C)OC(=O)N[C@@H](CCC(=O)N1CCOc2ccc(Cl)cc2C1)C(=O)O. The highest BCUT2D eigenvalue weighted by Gasteiger charge is 2.26. The molecule has 0 radical (unpaired) electrons. The Morgan fingerprint density at radius 1 is 1.36 bits per heavy atom. The number of carbonyl (C=O) groups is 3. The van der Waals surface area contributed by atoms with E-state index < -0.39 is 23.7 Å². The van der Waals surface area contributed by atoms with Gasteiger partial charge in [-0.15, -0.1) is 0 Å². The van der Waals surface area contributed by atoms with Gasteiger partial charge in [-0.25, -0.2) is 9.59 Å². The maximum absolute atomic E-state index is 12.6. The van der Waals surface area contributed by atoms with E-state index in [4.69, 9.17) is 21.1 Å². The van der Waals surface area contributed by atoms with Gasteiger partial charge in [0.1, 0.15) is 24.0 Å². The van der Waals surface area contributed by atoms with Gasteiger partial charge in [0, 0.05) is 23.6 Å². The van der Waals surface area contributed by atoms with Gasteiger partial charge >= 0.3 is 12.1 Å². The van der Waals surface area contributed by atoms with Gasteiger partial charge in [-0.1, -0.05) is 11.6 Å². The van der Waals surface area contributed by atoms with Gasteiger partial charge in [0.25, 0.3) is 0 Å². The van der Waals surface area contributed by atoms with E-state index in [2.05, 4.69) is 5.32 Å². The molecule has 0 spiro atoms. The lowest BCUT2D eigenvalue weighted by Gasteiger charge is -2.23. The number of ether oxygens (including phenoxy) is 2. The van der Waals surface area contributed by atoms with Crippen LogP contribution in [0.15, 0.2) is 18.2 Å². The Labute approximate surface area is 168 Å². The van der Waals surface area contributed by atoms with Crippen LogP contribution in [-0.2, 0) is 20.9 Å². The minimum Gasteiger partial charge on any atom is -0.491 e. The summed E-state index contributed by atoms with van der Waals surface area (Å²) >= 11 is 6.01. The molecule has 9 heteroatoms. The van der Waals surface area contributed by atoms with Gasteiger partial charge < -0.3 is 24.8 Å². The normalized spacial score (nSPS) is 14.9. The lowest BCUT2D eigenvalue weighted by Crippen LogP contribution is -2.44. The number of alkyl carbamates (subject to hydrolysis) is 1. The van der Waals surface area contributed by atoms with Crippen molar-refractivity contribution in [2.75, 3.05) is 13.2 Å². The van der Waals surface area contributed by atoms with Crippen LogP contribution in [0, 0.1) is 0 Å². The number of aliphatic carboxylic acids is 1. The van der Waals surface area contributed by atoms with Crippen molar-refractivity contribution in [1.82, 2.24) is 10.2 Å². The van der Waals surface area contributed by atoms with Crippen LogP contribution >= 0.6 is 11.6 Å². The molecule has 1 aromatic carbocycles. The van der Waals surface area contributed by atoms with Crippen LogP contribution in [0.1, 0.15) is 39.2 Å². The van der Waals surface area contributed by atoms with Crippen molar-refractivity contribution in [3.05, 3.63) is 28.8 Å². The quantitative estimate of drug-likeness (QED) is 0.770. The molecule has 2 amide bonds. The third kappa shape index (κ3) is 6.60. The first kappa shape index (κ1) is 21.8. The van der Waals surface area contributed by atoms with Gasteiger partial charge in [-0.3, -0.25) is 4.79 Å². The number of rotatable bonds is 5. The number of hydrogen-bond donors (Lipinski definition) is 2. The van der Waals surface area contributed by atoms with Crippen molar-refractivity contribution >= 4 is 29.6 Å². The van der Waals surface area contributed by atoms with Crippen LogP contribution in [0.2, 0.25) is 5.02 Å². The summed E-state index contributed by atoms with van der Waals surface area (Å²) in [5.74, 6) is -0.779. The molecule has 0 saturated heterocycles. The van der Waals surface area contributed by atoms with E-state index in [9.17, 15) is 19.5 Å². The molecular formula is C19H25ClN2O6. The number of amides is 2. The fourth-order valence-corrected chi connectivity index (χ4v) is 2.90. The molecule has 0 unspecified atom stereocenters. The standard InChI is InChI=1S/C19H25ClN2O6/c1-19(2,3)28-18(26)21-14(17(24)25)5-7-16(23)22-8-9-27-15-6-4-13(20)10-12(15)11-22/h4,6,10,14H,5,7-9,11H2,1-3H3,(H,21,26)(H,24,25)/t14-/m0/s1. The first-order valence-corrected chi connectivity index (χ1v) is 9.34. The highest BCUT2D eigenvalue weighted by Crippen LogP contribution is 2.26. The second-order valence-corrected chi connectivity index (χ2v) is 7.93. The molecule has 1 atom stereocenters. The van der Waals surface area contributed by atoms with Crippen molar-refractivity contribution in [3.63, 3.8) is 0 Å². The minimum atomic E-state index is -1.23. The number of carboxylic acid groups (broad SMARTS) is 1. The Morgan fingerprint density at radius 3 is 2.71 bits per heavy atom. The Bertz CT molecular complexity index is 746. The van der Waals surface area contributed by atoms with E-state index in [1.807, 2.05) is 0 Å². The number of nitrogens with zero attached hydrogens (tertiary/aromatic N) is 1. The fraction of sp³-hybridized carbons (Fsp3) is 0.526. The molecule has 1 heterocycles. The van der Waals surface area contributed by atoms with E-state index >= 15 is 0 Å². The maximum Gasteiger partial charge on any atom is 0.408 e. The summed E-state index contributed by atoms with van der Waals surface area (Å²) in [6.07, 6.45) is -0.922. The number of carboxylic acids is 1. The van der Waals surface area contributed by atoms with Gasteiger partial charge in [0.05, 0.1) is 6.54 Å². The average Bonchev–Trinajstić information content (AvgIpc) is 2.78. The molecule has 1 aliphatic rings. The summed E-state index contributed by atoms with van der Waals surface area (Å²) in [7, 11) is 0. The first-order chi connectivity index (χ1) is 13.0. The van der Waals surface area contributed by atoms with Crippen molar-refractivity contribution in [3.8, 4) is 5.75 Å². The molecule has 8 nitrogen and oxygen atoms in total. The molecule has 2 N–H and O–H groups in total. The number of benzene rings is 1.